The van der Waals surface area contributed by atoms with Crippen LogP contribution in [0.2, 0.25) is 0 Å². The molecule has 0 atom stereocenters. The molecule has 3 aromatic rings. The van der Waals surface area contributed by atoms with Gasteiger partial charge in [0, 0.05) is 16.4 Å². The standard InChI is InChI=1S/C19H19N.C6H11N.2CH4/c1-19(2,3)16-13-18(14-9-5-4-6-10-14)20-17-12-8-7-11-15(16)17;1-6(2,3)5-7-4;;/h4-13H,1-3H3;5H2,1-3H3;2*1H4. The van der Waals surface area contributed by atoms with Gasteiger partial charge >= 0.3 is 0 Å². The van der Waals surface area contributed by atoms with Crippen molar-refractivity contribution in [2.45, 2.75) is 61.8 Å². The van der Waals surface area contributed by atoms with Crippen molar-refractivity contribution >= 4 is 10.9 Å². The first-order valence-corrected chi connectivity index (χ1v) is 9.41. The number of hydrogen-bond donors (Lipinski definition) is 0. The molecular weight excluding hydrogens is 352 g/mol. The second-order valence-electron chi connectivity index (χ2n) is 9.07. The molecule has 1 aromatic heterocycles. The van der Waals surface area contributed by atoms with Gasteiger partial charge in [-0.3, -0.25) is 0 Å². The number of para-hydroxylation sites is 1. The van der Waals surface area contributed by atoms with E-state index in [0.717, 1.165) is 11.2 Å². The molecule has 29 heavy (non-hydrogen) atoms. The second-order valence-corrected chi connectivity index (χ2v) is 9.07. The van der Waals surface area contributed by atoms with Crippen LogP contribution in [0.15, 0.2) is 60.7 Å². The van der Waals surface area contributed by atoms with Crippen LogP contribution in [0.3, 0.4) is 0 Å². The van der Waals surface area contributed by atoms with Crippen LogP contribution in [-0.4, -0.2) is 11.5 Å². The molecule has 0 spiro atoms. The Morgan fingerprint density at radius 2 is 1.38 bits per heavy atom. The van der Waals surface area contributed by atoms with Crippen molar-refractivity contribution in [3.63, 3.8) is 0 Å². The van der Waals surface area contributed by atoms with Crippen LogP contribution in [0, 0.1) is 12.0 Å². The smallest absolute Gasteiger partial charge is 0.219 e. The maximum Gasteiger partial charge on any atom is 0.219 e. The van der Waals surface area contributed by atoms with E-state index in [0.29, 0.717) is 6.54 Å². The van der Waals surface area contributed by atoms with E-state index in [9.17, 15) is 0 Å². The summed E-state index contributed by atoms with van der Waals surface area (Å²) < 4.78 is 0. The highest BCUT2D eigenvalue weighted by atomic mass is 14.7. The minimum absolute atomic E-state index is 0. The van der Waals surface area contributed by atoms with Crippen molar-refractivity contribution in [2.75, 3.05) is 6.54 Å². The lowest BCUT2D eigenvalue weighted by atomic mass is 9.84. The van der Waals surface area contributed by atoms with Crippen molar-refractivity contribution in [3.05, 3.63) is 77.6 Å². The SMILES string of the molecule is C.C.CC(C)(C)c1cc(-c2ccccc2)nc2ccccc12.[C-]#[N+]CC(C)(C)C. The Bertz CT molecular complexity index is 921. The van der Waals surface area contributed by atoms with Crippen LogP contribution in [-0.2, 0) is 5.41 Å². The van der Waals surface area contributed by atoms with Crippen LogP contribution in [0.25, 0.3) is 27.0 Å². The van der Waals surface area contributed by atoms with E-state index in [1.165, 1.54) is 16.5 Å². The van der Waals surface area contributed by atoms with E-state index in [1.54, 1.807) is 0 Å². The first kappa shape index (κ1) is 26.3. The summed E-state index contributed by atoms with van der Waals surface area (Å²) in [7, 11) is 0. The first-order chi connectivity index (χ1) is 12.6. The van der Waals surface area contributed by atoms with E-state index in [4.69, 9.17) is 11.6 Å². The molecule has 0 N–H and O–H groups in total. The highest BCUT2D eigenvalue weighted by molar-refractivity contribution is 5.86. The number of rotatable bonds is 1. The summed E-state index contributed by atoms with van der Waals surface area (Å²) in [5.41, 5.74) is 4.94. The summed E-state index contributed by atoms with van der Waals surface area (Å²) in [5.74, 6) is 0. The van der Waals surface area contributed by atoms with Crippen LogP contribution in [0.4, 0.5) is 0 Å². The van der Waals surface area contributed by atoms with Crippen LogP contribution in [0.5, 0.6) is 0 Å². The van der Waals surface area contributed by atoms with Crippen molar-refractivity contribution < 1.29 is 0 Å². The molecule has 3 rings (SSSR count). The molecule has 0 fully saturated rings. The summed E-state index contributed by atoms with van der Waals surface area (Å²) in [6.07, 6.45) is 0. The Morgan fingerprint density at radius 3 is 1.86 bits per heavy atom. The van der Waals surface area contributed by atoms with Gasteiger partial charge in [0.2, 0.25) is 6.54 Å². The van der Waals surface area contributed by atoms with E-state index >= 15 is 0 Å². The van der Waals surface area contributed by atoms with Crippen molar-refractivity contribution in [1.82, 2.24) is 4.98 Å². The normalized spacial score (nSPS) is 10.7. The maximum atomic E-state index is 6.48. The molecule has 2 nitrogen and oxygen atoms in total. The average Bonchev–Trinajstić information content (AvgIpc) is 2.60. The summed E-state index contributed by atoms with van der Waals surface area (Å²) in [4.78, 5) is 8.08. The largest absolute Gasteiger partial charge is 0.316 e. The van der Waals surface area contributed by atoms with Crippen molar-refractivity contribution in [3.8, 4) is 11.3 Å². The van der Waals surface area contributed by atoms with Gasteiger partial charge in [0.05, 0.1) is 11.2 Å². The minimum atomic E-state index is 0. The van der Waals surface area contributed by atoms with Gasteiger partial charge in [0.1, 0.15) is 0 Å². The maximum absolute atomic E-state index is 6.48. The lowest BCUT2D eigenvalue weighted by Gasteiger charge is -2.22. The summed E-state index contributed by atoms with van der Waals surface area (Å²) in [6, 6.07) is 21.0. The molecule has 0 amide bonds. The van der Waals surface area contributed by atoms with Crippen molar-refractivity contribution in [2.24, 2.45) is 5.41 Å². The molecule has 0 bridgehead atoms. The van der Waals surface area contributed by atoms with Crippen LogP contribution in [0.1, 0.15) is 62.0 Å². The Labute approximate surface area is 178 Å². The lowest BCUT2D eigenvalue weighted by Crippen LogP contribution is -2.12. The third-order valence-corrected chi connectivity index (χ3v) is 4.15. The molecule has 0 aliphatic heterocycles. The van der Waals surface area contributed by atoms with E-state index in [1.807, 2.05) is 6.07 Å². The van der Waals surface area contributed by atoms with Gasteiger partial charge in [-0.05, 0) is 23.1 Å². The van der Waals surface area contributed by atoms with Crippen LogP contribution < -0.4 is 0 Å². The minimum Gasteiger partial charge on any atom is -0.316 e. The number of fused-ring (bicyclic) bond motifs is 1. The summed E-state index contributed by atoms with van der Waals surface area (Å²) in [5, 5.41) is 1.25. The zero-order valence-corrected chi connectivity index (χ0v) is 17.4. The Kier molecular flexibility index (Phi) is 9.78. The van der Waals surface area contributed by atoms with Crippen molar-refractivity contribution in [1.29, 1.82) is 0 Å². The van der Waals surface area contributed by atoms with Gasteiger partial charge in [-0.25, -0.2) is 11.6 Å². The average molecular weight is 391 g/mol. The highest BCUT2D eigenvalue weighted by Gasteiger charge is 2.18. The number of benzene rings is 2. The molecule has 0 unspecified atom stereocenters. The quantitative estimate of drug-likeness (QED) is 0.381. The zero-order valence-electron chi connectivity index (χ0n) is 17.4. The molecule has 0 aliphatic rings. The number of nitrogens with zero attached hydrogens (tertiary/aromatic N) is 2. The monoisotopic (exact) mass is 390 g/mol. The molecule has 2 aromatic carbocycles. The van der Waals surface area contributed by atoms with Gasteiger partial charge in [0.15, 0.2) is 0 Å². The van der Waals surface area contributed by atoms with E-state index in [2.05, 4.69) is 101 Å². The fourth-order valence-corrected chi connectivity index (χ4v) is 2.79. The molecular formula is C27H38N2. The molecule has 0 radical (unpaired) electrons. The molecule has 2 heteroatoms. The zero-order chi connectivity index (χ0) is 20.1. The molecule has 1 heterocycles. The third kappa shape index (κ3) is 7.70. The summed E-state index contributed by atoms with van der Waals surface area (Å²) in [6.45, 7) is 20.1. The first-order valence-electron chi connectivity index (χ1n) is 9.41. The van der Waals surface area contributed by atoms with Crippen LogP contribution >= 0.6 is 0 Å². The predicted octanol–water partition coefficient (Wildman–Crippen LogP) is 8.42. The lowest BCUT2D eigenvalue weighted by molar-refractivity contribution is 0.455. The molecule has 0 aliphatic carbocycles. The van der Waals surface area contributed by atoms with Gasteiger partial charge in [-0.1, -0.05) is 105 Å². The Morgan fingerprint density at radius 1 is 0.828 bits per heavy atom. The van der Waals surface area contributed by atoms with E-state index in [-0.39, 0.29) is 25.7 Å². The fraction of sp³-hybridized carbons (Fsp3) is 0.407. The topological polar surface area (TPSA) is 17.2 Å². The van der Waals surface area contributed by atoms with Gasteiger partial charge in [0.25, 0.3) is 0 Å². The Hall–Kier alpha value is -2.66. The van der Waals surface area contributed by atoms with Gasteiger partial charge in [-0.15, -0.1) is 0 Å². The summed E-state index contributed by atoms with van der Waals surface area (Å²) >= 11 is 0. The number of aromatic nitrogens is 1. The highest BCUT2D eigenvalue weighted by Crippen LogP contribution is 2.32. The number of hydrogen-bond acceptors (Lipinski definition) is 1. The number of pyridine rings is 1. The van der Waals surface area contributed by atoms with E-state index < -0.39 is 0 Å². The molecule has 0 saturated carbocycles. The van der Waals surface area contributed by atoms with Gasteiger partial charge < -0.3 is 4.85 Å². The van der Waals surface area contributed by atoms with Gasteiger partial charge in [-0.2, -0.15) is 0 Å². The third-order valence-electron chi connectivity index (χ3n) is 4.15. The second kappa shape index (κ2) is 10.8. The molecule has 0 saturated heterocycles. The fourth-order valence-electron chi connectivity index (χ4n) is 2.79. The molecule has 156 valence electrons. The Balaban J connectivity index is 0.000000761. The predicted molar refractivity (Wildman–Crippen MR) is 130 cm³/mol.